The van der Waals surface area contributed by atoms with Gasteiger partial charge in [-0.25, -0.2) is 23.5 Å². The molecule has 3 aromatic heterocycles. The van der Waals surface area contributed by atoms with E-state index >= 15 is 4.39 Å². The van der Waals surface area contributed by atoms with Gasteiger partial charge in [0.15, 0.2) is 17.5 Å². The zero-order chi connectivity index (χ0) is 28.1. The second-order valence-corrected chi connectivity index (χ2v) is 11.6. The van der Waals surface area contributed by atoms with Gasteiger partial charge in [0, 0.05) is 11.6 Å². The number of nitrogens with zero attached hydrogens (tertiary/aromatic N) is 5. The van der Waals surface area contributed by atoms with Crippen molar-refractivity contribution in [2.24, 2.45) is 11.8 Å². The van der Waals surface area contributed by atoms with Crippen molar-refractivity contribution in [2.45, 2.75) is 69.4 Å². The molecular formula is C30H30F2N6O3. The van der Waals surface area contributed by atoms with Gasteiger partial charge in [0.1, 0.15) is 29.0 Å². The number of halogens is 2. The number of fused-ring (bicyclic) bond motifs is 2. The van der Waals surface area contributed by atoms with Crippen LogP contribution >= 0.6 is 0 Å². The van der Waals surface area contributed by atoms with E-state index in [9.17, 15) is 14.3 Å². The summed E-state index contributed by atoms with van der Waals surface area (Å²) < 4.78 is 37.3. The molecule has 3 saturated carbocycles. The Kier molecular flexibility index (Phi) is 6.32. The van der Waals surface area contributed by atoms with Crippen LogP contribution in [-0.4, -0.2) is 41.5 Å². The van der Waals surface area contributed by atoms with Gasteiger partial charge < -0.3 is 14.9 Å². The Balaban J connectivity index is 1.24. The van der Waals surface area contributed by atoms with Crippen LogP contribution in [0.25, 0.3) is 22.9 Å². The van der Waals surface area contributed by atoms with Gasteiger partial charge in [0.25, 0.3) is 0 Å². The van der Waals surface area contributed by atoms with E-state index in [1.54, 1.807) is 22.9 Å². The molecule has 3 aliphatic carbocycles. The molecule has 0 saturated heterocycles. The molecule has 212 valence electrons. The normalized spacial score (nSPS) is 23.9. The number of carbonyl (C=O) groups is 1. The van der Waals surface area contributed by atoms with Gasteiger partial charge in [-0.05, 0) is 67.9 Å². The van der Waals surface area contributed by atoms with Crippen molar-refractivity contribution in [1.82, 2.24) is 24.9 Å². The highest BCUT2D eigenvalue weighted by Gasteiger charge is 2.56. The first kappa shape index (κ1) is 25.8. The van der Waals surface area contributed by atoms with E-state index in [1.807, 2.05) is 12.1 Å². The Hall–Kier alpha value is -4.15. The number of carboxylic acid groups (broad SMARTS) is 1. The van der Waals surface area contributed by atoms with Crippen molar-refractivity contribution in [3.8, 4) is 22.9 Å². The minimum absolute atomic E-state index is 0.0873. The first-order valence-corrected chi connectivity index (χ1v) is 14.2. The lowest BCUT2D eigenvalue weighted by Crippen LogP contribution is -2.51. The third kappa shape index (κ3) is 4.47. The molecule has 3 heterocycles. The molecule has 0 aliphatic heterocycles. The Morgan fingerprint density at radius 2 is 2.00 bits per heavy atom. The van der Waals surface area contributed by atoms with E-state index in [4.69, 9.17) is 4.52 Å². The van der Waals surface area contributed by atoms with E-state index in [0.29, 0.717) is 35.0 Å². The summed E-state index contributed by atoms with van der Waals surface area (Å²) in [6.07, 6.45) is 9.66. The van der Waals surface area contributed by atoms with Gasteiger partial charge in [-0.3, -0.25) is 4.68 Å². The molecule has 9 nitrogen and oxygen atoms in total. The average molecular weight is 561 g/mol. The first-order chi connectivity index (χ1) is 19.9. The fourth-order valence-corrected chi connectivity index (χ4v) is 7.22. The third-order valence-corrected chi connectivity index (χ3v) is 9.25. The molecule has 0 spiro atoms. The molecule has 41 heavy (non-hydrogen) atoms. The van der Waals surface area contributed by atoms with Crippen LogP contribution in [0.5, 0.6) is 0 Å². The van der Waals surface area contributed by atoms with Crippen LogP contribution in [0, 0.1) is 23.5 Å². The van der Waals surface area contributed by atoms with Crippen molar-refractivity contribution in [3.63, 3.8) is 0 Å². The maximum Gasteiger partial charge on any atom is 0.329 e. The highest BCUT2D eigenvalue weighted by Crippen LogP contribution is 2.52. The largest absolute Gasteiger partial charge is 0.479 e. The molecule has 1 unspecified atom stereocenters. The van der Waals surface area contributed by atoms with Crippen LogP contribution < -0.4 is 5.32 Å². The van der Waals surface area contributed by atoms with E-state index < -0.39 is 17.3 Å². The van der Waals surface area contributed by atoms with Crippen LogP contribution in [0.4, 0.5) is 14.6 Å². The van der Waals surface area contributed by atoms with Crippen molar-refractivity contribution in [1.29, 1.82) is 0 Å². The number of nitrogens with one attached hydrogen (secondary N) is 1. The number of hydrogen-bond donors (Lipinski definition) is 2. The molecule has 0 amide bonds. The Bertz CT molecular complexity index is 1600. The summed E-state index contributed by atoms with van der Waals surface area (Å²) in [6.45, 7) is 0.131. The zero-order valence-electron chi connectivity index (χ0n) is 22.4. The minimum Gasteiger partial charge on any atom is -0.479 e. The lowest BCUT2D eigenvalue weighted by Gasteiger charge is -2.34. The summed E-state index contributed by atoms with van der Waals surface area (Å²) in [5.41, 5.74) is 1.33. The topological polar surface area (TPSA) is 119 Å². The SMILES string of the molecule is O=C(O)[C@@]1(Nc2nc(-c3cc(-c4ccon4)n(Cc4cccc(C5CCCC5)c4F)n3)ncc2F)CC2CC[C@H]1C2. The number of aliphatic carboxylic acids is 1. The van der Waals surface area contributed by atoms with Gasteiger partial charge in [0.05, 0.1) is 18.4 Å². The summed E-state index contributed by atoms with van der Waals surface area (Å²) in [7, 11) is 0. The predicted molar refractivity (Wildman–Crippen MR) is 145 cm³/mol. The molecule has 3 atom stereocenters. The molecule has 3 aliphatic rings. The van der Waals surface area contributed by atoms with Gasteiger partial charge >= 0.3 is 5.97 Å². The van der Waals surface area contributed by atoms with Crippen LogP contribution in [0.3, 0.4) is 0 Å². The summed E-state index contributed by atoms with van der Waals surface area (Å²) >= 11 is 0. The zero-order valence-corrected chi connectivity index (χ0v) is 22.4. The Labute approximate surface area is 235 Å². The third-order valence-electron chi connectivity index (χ3n) is 9.25. The van der Waals surface area contributed by atoms with Crippen LogP contribution in [-0.2, 0) is 11.3 Å². The van der Waals surface area contributed by atoms with E-state index in [-0.39, 0.29) is 35.8 Å². The van der Waals surface area contributed by atoms with Gasteiger partial charge in [-0.1, -0.05) is 36.2 Å². The van der Waals surface area contributed by atoms with Crippen molar-refractivity contribution in [3.05, 3.63) is 65.6 Å². The number of carboxylic acids is 1. The predicted octanol–water partition coefficient (Wildman–Crippen LogP) is 6.03. The monoisotopic (exact) mass is 560 g/mol. The molecular weight excluding hydrogens is 530 g/mol. The maximum atomic E-state index is 15.7. The van der Waals surface area contributed by atoms with Crippen LogP contribution in [0.1, 0.15) is 68.4 Å². The lowest BCUT2D eigenvalue weighted by atomic mass is 9.81. The number of rotatable bonds is 8. The first-order valence-electron chi connectivity index (χ1n) is 14.2. The number of benzene rings is 1. The van der Waals surface area contributed by atoms with Crippen molar-refractivity contribution >= 4 is 11.8 Å². The van der Waals surface area contributed by atoms with Gasteiger partial charge in [-0.15, -0.1) is 0 Å². The van der Waals surface area contributed by atoms with Crippen molar-refractivity contribution in [2.75, 3.05) is 5.32 Å². The summed E-state index contributed by atoms with van der Waals surface area (Å²) in [5.74, 6) is -1.57. The fourth-order valence-electron chi connectivity index (χ4n) is 7.22. The molecule has 7 rings (SSSR count). The molecule has 2 N–H and O–H groups in total. The Morgan fingerprint density at radius 3 is 2.71 bits per heavy atom. The van der Waals surface area contributed by atoms with E-state index in [0.717, 1.165) is 56.7 Å². The maximum absolute atomic E-state index is 15.7. The van der Waals surface area contributed by atoms with Crippen molar-refractivity contribution < 1.29 is 23.2 Å². The summed E-state index contributed by atoms with van der Waals surface area (Å²) in [6, 6.07) is 8.85. The van der Waals surface area contributed by atoms with Gasteiger partial charge in [0.2, 0.25) is 0 Å². The van der Waals surface area contributed by atoms with E-state index in [2.05, 4.69) is 25.5 Å². The second kappa shape index (κ2) is 10.0. The Morgan fingerprint density at radius 1 is 1.15 bits per heavy atom. The quantitative estimate of drug-likeness (QED) is 0.268. The standard InChI is InChI=1S/C30H30F2N6O3/c31-22-15-33-28(34-27(22)35-30(29(39)40)14-17-8-9-20(30)12-17)24-13-25(23-10-11-41-37-23)38(36-24)16-19-6-3-7-21(26(19)32)18-4-1-2-5-18/h3,6-7,10-11,13,15,17-18,20H,1-2,4-5,8-9,12,14,16H2,(H,39,40)(H,33,34,35)/t17?,20-,30+/m0/s1. The second-order valence-electron chi connectivity index (χ2n) is 11.6. The average Bonchev–Trinajstić information content (AvgIpc) is 3.80. The summed E-state index contributed by atoms with van der Waals surface area (Å²) in [4.78, 5) is 20.9. The molecule has 11 heteroatoms. The van der Waals surface area contributed by atoms with Crippen LogP contribution in [0.2, 0.25) is 0 Å². The highest BCUT2D eigenvalue weighted by molar-refractivity contribution is 5.84. The number of aromatic nitrogens is 5. The number of anilines is 1. The molecule has 4 aromatic rings. The molecule has 2 bridgehead atoms. The molecule has 0 radical (unpaired) electrons. The molecule has 1 aromatic carbocycles. The lowest BCUT2D eigenvalue weighted by molar-refractivity contribution is -0.144. The van der Waals surface area contributed by atoms with E-state index in [1.165, 1.54) is 6.26 Å². The molecule has 3 fully saturated rings. The van der Waals surface area contributed by atoms with Crippen LogP contribution in [0.15, 0.2) is 47.3 Å². The highest BCUT2D eigenvalue weighted by atomic mass is 19.1. The van der Waals surface area contributed by atoms with Gasteiger partial charge in [-0.2, -0.15) is 5.10 Å². The smallest absolute Gasteiger partial charge is 0.329 e. The minimum atomic E-state index is -1.26. The number of hydrogen-bond acceptors (Lipinski definition) is 7. The fraction of sp³-hybridized carbons (Fsp3) is 0.433. The summed E-state index contributed by atoms with van der Waals surface area (Å²) in [5, 5.41) is 21.8.